The number of carbonyl (C=O) groups is 1. The van der Waals surface area contributed by atoms with E-state index in [4.69, 9.17) is 4.74 Å². The molecule has 0 amide bonds. The van der Waals surface area contributed by atoms with Crippen LogP contribution in [0, 0.1) is 0 Å². The Morgan fingerprint density at radius 3 is 2.76 bits per heavy atom. The summed E-state index contributed by atoms with van der Waals surface area (Å²) in [5.41, 5.74) is 2.57. The third-order valence-electron chi connectivity index (χ3n) is 4.31. The molecule has 2 nitrogen and oxygen atoms in total. The summed E-state index contributed by atoms with van der Waals surface area (Å²) in [4.78, 5) is 12.1. The summed E-state index contributed by atoms with van der Waals surface area (Å²) in [5.74, 6) is 0.354. The Labute approximate surface area is 128 Å². The van der Waals surface area contributed by atoms with Crippen molar-refractivity contribution in [3.63, 3.8) is 0 Å². The first kappa shape index (κ1) is 16.2. The van der Waals surface area contributed by atoms with Crippen LogP contribution in [0.4, 0.5) is 0 Å². The number of hydrogen-bond acceptors (Lipinski definition) is 2. The smallest absolute Gasteiger partial charge is 0.135 e. The Morgan fingerprint density at radius 2 is 1.90 bits per heavy atom. The van der Waals surface area contributed by atoms with Gasteiger partial charge in [-0.05, 0) is 24.0 Å². The van der Waals surface area contributed by atoms with Gasteiger partial charge in [-0.2, -0.15) is 0 Å². The molecule has 2 heteroatoms. The molecule has 0 fully saturated rings. The van der Waals surface area contributed by atoms with Crippen molar-refractivity contribution in [1.29, 1.82) is 0 Å². The molecule has 0 N–H and O–H groups in total. The molecule has 1 aliphatic heterocycles. The molecule has 0 spiro atoms. The number of benzene rings is 1. The van der Waals surface area contributed by atoms with Gasteiger partial charge >= 0.3 is 0 Å². The van der Waals surface area contributed by atoms with Crippen LogP contribution in [0.15, 0.2) is 24.3 Å². The van der Waals surface area contributed by atoms with Crippen LogP contribution in [0.3, 0.4) is 0 Å². The van der Waals surface area contributed by atoms with Crippen molar-refractivity contribution >= 4 is 5.78 Å². The molecule has 2 rings (SSSR count). The summed E-state index contributed by atoms with van der Waals surface area (Å²) in [6, 6.07) is 8.37. The Morgan fingerprint density at radius 1 is 1.14 bits per heavy atom. The zero-order valence-electron chi connectivity index (χ0n) is 13.3. The van der Waals surface area contributed by atoms with Crippen LogP contribution >= 0.6 is 0 Å². The van der Waals surface area contributed by atoms with E-state index in [1.54, 1.807) is 0 Å². The van der Waals surface area contributed by atoms with E-state index in [0.717, 1.165) is 19.4 Å². The first-order chi connectivity index (χ1) is 10.3. The predicted molar refractivity (Wildman–Crippen MR) is 86.5 cm³/mol. The van der Waals surface area contributed by atoms with E-state index < -0.39 is 0 Å². The third kappa shape index (κ3) is 5.28. The highest BCUT2D eigenvalue weighted by Crippen LogP contribution is 2.30. The molecule has 0 bridgehead atoms. The largest absolute Gasteiger partial charge is 0.373 e. The average Bonchev–Trinajstić information content (AvgIpc) is 2.51. The van der Waals surface area contributed by atoms with E-state index in [1.807, 2.05) is 6.07 Å². The second-order valence-electron chi connectivity index (χ2n) is 6.07. The van der Waals surface area contributed by atoms with Crippen molar-refractivity contribution in [2.75, 3.05) is 6.61 Å². The van der Waals surface area contributed by atoms with Gasteiger partial charge < -0.3 is 4.74 Å². The van der Waals surface area contributed by atoms with Crippen LogP contribution in [0.5, 0.6) is 0 Å². The summed E-state index contributed by atoms with van der Waals surface area (Å²) < 4.78 is 5.81. The van der Waals surface area contributed by atoms with Gasteiger partial charge in [0.1, 0.15) is 5.78 Å². The second kappa shape index (κ2) is 8.99. The van der Waals surface area contributed by atoms with Gasteiger partial charge in [0.25, 0.3) is 0 Å². The molecule has 1 aromatic carbocycles. The molecule has 0 aromatic heterocycles. The topological polar surface area (TPSA) is 26.3 Å². The van der Waals surface area contributed by atoms with E-state index in [-0.39, 0.29) is 6.10 Å². The normalized spacial score (nSPS) is 17.5. The van der Waals surface area contributed by atoms with Crippen LogP contribution in [0.1, 0.15) is 75.5 Å². The van der Waals surface area contributed by atoms with Crippen molar-refractivity contribution in [2.45, 2.75) is 70.8 Å². The maximum Gasteiger partial charge on any atom is 0.135 e. The minimum absolute atomic E-state index is 0.0115. The Kier molecular flexibility index (Phi) is 6.94. The van der Waals surface area contributed by atoms with Crippen molar-refractivity contribution in [3.05, 3.63) is 35.4 Å². The van der Waals surface area contributed by atoms with Crippen molar-refractivity contribution in [3.8, 4) is 0 Å². The van der Waals surface area contributed by atoms with Crippen molar-refractivity contribution in [1.82, 2.24) is 0 Å². The predicted octanol–water partition coefficient (Wildman–Crippen LogP) is 5.01. The molecule has 21 heavy (non-hydrogen) atoms. The van der Waals surface area contributed by atoms with E-state index in [0.29, 0.717) is 18.6 Å². The van der Waals surface area contributed by atoms with E-state index in [9.17, 15) is 4.79 Å². The van der Waals surface area contributed by atoms with E-state index in [1.165, 1.54) is 43.2 Å². The molecule has 1 unspecified atom stereocenters. The fraction of sp³-hybridized carbons (Fsp3) is 0.632. The van der Waals surface area contributed by atoms with Crippen molar-refractivity contribution in [2.24, 2.45) is 0 Å². The first-order valence-electron chi connectivity index (χ1n) is 8.52. The number of Topliss-reactive ketones (excluding diaryl/α,β-unsaturated/α-hetero) is 1. The molecule has 1 heterocycles. The number of hydrogen-bond donors (Lipinski definition) is 0. The molecule has 116 valence electrons. The molecule has 1 aliphatic rings. The fourth-order valence-electron chi connectivity index (χ4n) is 3.06. The number of carbonyl (C=O) groups excluding carboxylic acids is 1. The second-order valence-corrected chi connectivity index (χ2v) is 6.07. The van der Waals surface area contributed by atoms with Gasteiger partial charge in [0.05, 0.1) is 12.7 Å². The van der Waals surface area contributed by atoms with Gasteiger partial charge in [0.2, 0.25) is 0 Å². The number of rotatable bonds is 9. The van der Waals surface area contributed by atoms with Crippen LogP contribution < -0.4 is 0 Å². The highest BCUT2D eigenvalue weighted by Gasteiger charge is 2.22. The molecule has 0 saturated carbocycles. The lowest BCUT2D eigenvalue weighted by molar-refractivity contribution is -0.122. The van der Waals surface area contributed by atoms with E-state index in [2.05, 4.69) is 25.1 Å². The maximum atomic E-state index is 12.1. The molecule has 1 aromatic rings. The maximum absolute atomic E-state index is 12.1. The van der Waals surface area contributed by atoms with Crippen LogP contribution in [0.25, 0.3) is 0 Å². The zero-order valence-corrected chi connectivity index (χ0v) is 13.3. The van der Waals surface area contributed by atoms with Crippen LogP contribution in [-0.4, -0.2) is 12.4 Å². The lowest BCUT2D eigenvalue weighted by Crippen LogP contribution is -2.19. The number of fused-ring (bicyclic) bond motifs is 1. The standard InChI is InChI=1S/C19H28O2/c1-2-3-4-5-6-7-11-17(20)15-19-18-12-9-8-10-16(18)13-14-21-19/h8-10,12,19H,2-7,11,13-15H2,1H3. The van der Waals surface area contributed by atoms with Gasteiger partial charge in [0, 0.05) is 12.8 Å². The van der Waals surface area contributed by atoms with Crippen molar-refractivity contribution < 1.29 is 9.53 Å². The monoisotopic (exact) mass is 288 g/mol. The molecular weight excluding hydrogens is 260 g/mol. The van der Waals surface area contributed by atoms with Crippen LogP contribution in [0.2, 0.25) is 0 Å². The molecular formula is C19H28O2. The fourth-order valence-corrected chi connectivity index (χ4v) is 3.06. The number of ether oxygens (including phenoxy) is 1. The summed E-state index contributed by atoms with van der Waals surface area (Å²) in [6.07, 6.45) is 9.62. The molecule has 0 aliphatic carbocycles. The summed E-state index contributed by atoms with van der Waals surface area (Å²) in [6.45, 7) is 2.97. The van der Waals surface area contributed by atoms with Gasteiger partial charge in [-0.25, -0.2) is 0 Å². The summed E-state index contributed by atoms with van der Waals surface area (Å²) >= 11 is 0. The SMILES string of the molecule is CCCCCCCCC(=O)CC1OCCc2ccccc21. The Balaban J connectivity index is 1.71. The Hall–Kier alpha value is -1.15. The van der Waals surface area contributed by atoms with Gasteiger partial charge in [-0.1, -0.05) is 63.3 Å². The molecule has 0 radical (unpaired) electrons. The lowest BCUT2D eigenvalue weighted by atomic mass is 9.93. The third-order valence-corrected chi connectivity index (χ3v) is 4.31. The minimum Gasteiger partial charge on any atom is -0.373 e. The number of ketones is 1. The summed E-state index contributed by atoms with van der Waals surface area (Å²) in [7, 11) is 0. The highest BCUT2D eigenvalue weighted by molar-refractivity contribution is 5.79. The van der Waals surface area contributed by atoms with Crippen LogP contribution in [-0.2, 0) is 16.0 Å². The lowest BCUT2D eigenvalue weighted by Gasteiger charge is -2.25. The zero-order chi connectivity index (χ0) is 14.9. The molecule has 0 saturated heterocycles. The summed E-state index contributed by atoms with van der Waals surface area (Å²) in [5, 5.41) is 0. The van der Waals surface area contributed by atoms with Gasteiger partial charge in [-0.3, -0.25) is 4.79 Å². The van der Waals surface area contributed by atoms with Gasteiger partial charge in [0.15, 0.2) is 0 Å². The first-order valence-corrected chi connectivity index (χ1v) is 8.52. The highest BCUT2D eigenvalue weighted by atomic mass is 16.5. The number of unbranched alkanes of at least 4 members (excludes halogenated alkanes) is 5. The minimum atomic E-state index is -0.0115. The van der Waals surface area contributed by atoms with Gasteiger partial charge in [-0.15, -0.1) is 0 Å². The average molecular weight is 288 g/mol. The quantitative estimate of drug-likeness (QED) is 0.597. The Bertz CT molecular complexity index is 439. The van der Waals surface area contributed by atoms with E-state index >= 15 is 0 Å². The molecule has 1 atom stereocenters.